The van der Waals surface area contributed by atoms with E-state index in [0.29, 0.717) is 18.5 Å². The van der Waals surface area contributed by atoms with Crippen molar-refractivity contribution in [2.45, 2.75) is 70.5 Å². The van der Waals surface area contributed by atoms with Gasteiger partial charge in [0.05, 0.1) is 17.9 Å². The molecule has 3 heterocycles. The summed E-state index contributed by atoms with van der Waals surface area (Å²) < 4.78 is 0. The number of ketones is 1. The molecule has 1 aliphatic rings. The highest BCUT2D eigenvalue weighted by Gasteiger charge is 2.34. The summed E-state index contributed by atoms with van der Waals surface area (Å²) in [5.74, 6) is -0.301. The van der Waals surface area contributed by atoms with E-state index < -0.39 is 7.12 Å². The molecule has 1 fully saturated rings. The minimum Gasteiger partial charge on any atom is -0.426 e. The molecule has 0 aliphatic carbocycles. The molecular weight excluding hydrogens is 555 g/mol. The second kappa shape index (κ2) is 17.6. The molecule has 1 saturated heterocycles. The maximum atomic E-state index is 12.7. The number of likely N-dealkylation sites (tertiary alicyclic amines) is 1. The van der Waals surface area contributed by atoms with Crippen molar-refractivity contribution in [3.63, 3.8) is 0 Å². The van der Waals surface area contributed by atoms with E-state index in [4.69, 9.17) is 0 Å². The van der Waals surface area contributed by atoms with Crippen molar-refractivity contribution in [1.82, 2.24) is 25.1 Å². The fourth-order valence-corrected chi connectivity index (χ4v) is 5.64. The number of hydrogen-bond donors (Lipinski definition) is 4. The number of unbranched alkanes of at least 4 members (excludes halogenated alkanes) is 2. The van der Waals surface area contributed by atoms with E-state index in [0.717, 1.165) is 75.4 Å². The van der Waals surface area contributed by atoms with Crippen LogP contribution in [0.2, 0.25) is 0 Å². The predicted octanol–water partition coefficient (Wildman–Crippen LogP) is 3.32. The number of amides is 1. The molecule has 3 aromatic rings. The van der Waals surface area contributed by atoms with Crippen LogP contribution in [0.4, 0.5) is 5.69 Å². The Morgan fingerprint density at radius 1 is 0.977 bits per heavy atom. The summed E-state index contributed by atoms with van der Waals surface area (Å²) in [6.45, 7) is 5.94. The molecule has 234 valence electrons. The third-order valence-corrected chi connectivity index (χ3v) is 7.93. The van der Waals surface area contributed by atoms with E-state index in [9.17, 15) is 19.6 Å². The summed E-state index contributed by atoms with van der Waals surface area (Å²) in [5.41, 5.74) is 3.39. The van der Waals surface area contributed by atoms with Crippen molar-refractivity contribution in [3.8, 4) is 0 Å². The first-order valence-corrected chi connectivity index (χ1v) is 15.7. The lowest BCUT2D eigenvalue weighted by molar-refractivity contribution is -0.117. The van der Waals surface area contributed by atoms with Crippen molar-refractivity contribution >= 4 is 24.5 Å². The highest BCUT2D eigenvalue weighted by molar-refractivity contribution is 6.43. The Morgan fingerprint density at radius 3 is 2.27 bits per heavy atom. The number of anilines is 1. The summed E-state index contributed by atoms with van der Waals surface area (Å²) >= 11 is 0. The van der Waals surface area contributed by atoms with Gasteiger partial charge >= 0.3 is 7.12 Å². The predicted molar refractivity (Wildman–Crippen MR) is 173 cm³/mol. The smallest absolute Gasteiger partial charge is 0.426 e. The van der Waals surface area contributed by atoms with Crippen LogP contribution in [0.25, 0.3) is 0 Å². The number of carbonyl (C=O) groups is 2. The number of carbonyl (C=O) groups excluding carboxylic acids is 2. The molecule has 44 heavy (non-hydrogen) atoms. The van der Waals surface area contributed by atoms with Gasteiger partial charge in [-0.15, -0.1) is 0 Å². The lowest BCUT2D eigenvalue weighted by Gasteiger charge is -2.27. The van der Waals surface area contributed by atoms with E-state index in [1.54, 1.807) is 12.1 Å². The molecule has 0 unspecified atom stereocenters. The standard InChI is InChI=1S/C33H45BN6O4/c1-26(23-40-21-9-13-32(40)34(43)44)38-33(42)27-14-16-28(17-15-27)37-22-31(41)12-3-2-8-20-39(24-29-10-4-6-18-35-29)25-30-11-5-7-19-36-30/h4-7,10-11,14-19,26,32,37,43-44H,2-3,8-9,12-13,20-25H2,1H3,(H,38,42)/t26-,32+/m1/s1. The van der Waals surface area contributed by atoms with Gasteiger partial charge in [0.1, 0.15) is 0 Å². The van der Waals surface area contributed by atoms with Crippen molar-refractivity contribution in [2.24, 2.45) is 0 Å². The van der Waals surface area contributed by atoms with Gasteiger partial charge in [0.15, 0.2) is 5.78 Å². The Morgan fingerprint density at radius 2 is 1.66 bits per heavy atom. The SMILES string of the molecule is C[C@H](CN1CCC[C@H]1B(O)O)NC(=O)c1ccc(NCC(=O)CCCCCN(Cc2ccccn2)Cc2ccccn2)cc1. The second-order valence-corrected chi connectivity index (χ2v) is 11.6. The number of pyridine rings is 2. The summed E-state index contributed by atoms with van der Waals surface area (Å²) in [6, 6.07) is 18.9. The van der Waals surface area contributed by atoms with Crippen LogP contribution in [0.15, 0.2) is 73.1 Å². The minimum atomic E-state index is -1.37. The molecule has 0 spiro atoms. The van der Waals surface area contributed by atoms with Crippen molar-refractivity contribution in [2.75, 3.05) is 31.5 Å². The molecule has 4 N–H and O–H groups in total. The van der Waals surface area contributed by atoms with Gasteiger partial charge in [-0.1, -0.05) is 18.6 Å². The van der Waals surface area contributed by atoms with Crippen molar-refractivity contribution in [3.05, 3.63) is 90.0 Å². The maximum Gasteiger partial charge on any atom is 0.469 e. The number of benzene rings is 1. The average molecular weight is 601 g/mol. The van der Waals surface area contributed by atoms with Gasteiger partial charge in [-0.05, 0) is 94.2 Å². The molecule has 0 bridgehead atoms. The van der Waals surface area contributed by atoms with E-state index in [1.807, 2.05) is 72.7 Å². The van der Waals surface area contributed by atoms with Crippen LogP contribution in [0, 0.1) is 0 Å². The first-order chi connectivity index (χ1) is 21.4. The monoisotopic (exact) mass is 600 g/mol. The lowest BCUT2D eigenvalue weighted by Crippen LogP contribution is -2.48. The minimum absolute atomic E-state index is 0.137. The van der Waals surface area contributed by atoms with E-state index in [-0.39, 0.29) is 30.2 Å². The summed E-state index contributed by atoms with van der Waals surface area (Å²) in [5, 5.41) is 25.3. The van der Waals surface area contributed by atoms with Gasteiger partial charge in [0.25, 0.3) is 5.91 Å². The van der Waals surface area contributed by atoms with Gasteiger partial charge in [-0.25, -0.2) is 0 Å². The van der Waals surface area contributed by atoms with Crippen LogP contribution in [0.1, 0.15) is 67.2 Å². The molecule has 11 heteroatoms. The largest absolute Gasteiger partial charge is 0.469 e. The molecule has 0 radical (unpaired) electrons. The zero-order valence-corrected chi connectivity index (χ0v) is 25.6. The van der Waals surface area contributed by atoms with E-state index >= 15 is 0 Å². The molecule has 1 aliphatic heterocycles. The Bertz CT molecular complexity index is 1240. The normalized spacial score (nSPS) is 15.7. The Labute approximate surface area is 261 Å². The van der Waals surface area contributed by atoms with Gasteiger partial charge in [0.2, 0.25) is 0 Å². The Balaban J connectivity index is 1.12. The molecule has 10 nitrogen and oxygen atoms in total. The number of nitrogens with zero attached hydrogens (tertiary/aromatic N) is 4. The third-order valence-electron chi connectivity index (χ3n) is 7.93. The lowest BCUT2D eigenvalue weighted by atomic mass is 9.78. The Hall–Kier alpha value is -3.64. The number of aromatic nitrogens is 2. The van der Waals surface area contributed by atoms with E-state index in [2.05, 4.69) is 25.5 Å². The van der Waals surface area contributed by atoms with Gasteiger partial charge in [0, 0.05) is 61.7 Å². The zero-order chi connectivity index (χ0) is 31.1. The summed E-state index contributed by atoms with van der Waals surface area (Å²) in [7, 11) is -1.37. The maximum absolute atomic E-state index is 12.7. The van der Waals surface area contributed by atoms with Crippen LogP contribution in [0.5, 0.6) is 0 Å². The molecular formula is C33H45BN6O4. The molecule has 2 aromatic heterocycles. The first-order valence-electron chi connectivity index (χ1n) is 15.7. The molecule has 2 atom stereocenters. The van der Waals surface area contributed by atoms with Crippen LogP contribution in [-0.4, -0.2) is 86.8 Å². The quantitative estimate of drug-likeness (QED) is 0.128. The van der Waals surface area contributed by atoms with Crippen LogP contribution in [0.3, 0.4) is 0 Å². The second-order valence-electron chi connectivity index (χ2n) is 11.6. The molecule has 4 rings (SSSR count). The number of hydrogen-bond acceptors (Lipinski definition) is 9. The van der Waals surface area contributed by atoms with Gasteiger partial charge in [-0.3, -0.25) is 24.5 Å². The fourth-order valence-electron chi connectivity index (χ4n) is 5.64. The van der Waals surface area contributed by atoms with Gasteiger partial charge in [-0.2, -0.15) is 0 Å². The number of nitrogens with one attached hydrogen (secondary N) is 2. The highest BCUT2D eigenvalue weighted by Crippen LogP contribution is 2.18. The Kier molecular flexibility index (Phi) is 13.3. The summed E-state index contributed by atoms with van der Waals surface area (Å²) in [6.07, 6.45) is 8.62. The first kappa shape index (κ1) is 33.3. The summed E-state index contributed by atoms with van der Waals surface area (Å²) in [4.78, 5) is 38.5. The van der Waals surface area contributed by atoms with Crippen molar-refractivity contribution in [1.29, 1.82) is 0 Å². The average Bonchev–Trinajstić information content (AvgIpc) is 3.49. The zero-order valence-electron chi connectivity index (χ0n) is 25.6. The number of rotatable bonds is 18. The van der Waals surface area contributed by atoms with E-state index in [1.165, 1.54) is 0 Å². The fraction of sp³-hybridized carbons (Fsp3) is 0.455. The molecule has 0 saturated carbocycles. The van der Waals surface area contributed by atoms with Crippen LogP contribution >= 0.6 is 0 Å². The van der Waals surface area contributed by atoms with Crippen LogP contribution in [-0.2, 0) is 17.9 Å². The number of Topliss-reactive ketones (excluding diaryl/α,β-unsaturated/α-hetero) is 1. The van der Waals surface area contributed by atoms with Gasteiger partial charge < -0.3 is 25.6 Å². The topological polar surface area (TPSA) is 131 Å². The third kappa shape index (κ3) is 11.1. The molecule has 1 amide bonds. The van der Waals surface area contributed by atoms with Crippen LogP contribution < -0.4 is 10.6 Å². The van der Waals surface area contributed by atoms with Crippen molar-refractivity contribution < 1.29 is 19.6 Å². The highest BCUT2D eigenvalue weighted by atomic mass is 16.4. The molecule has 1 aromatic carbocycles.